The van der Waals surface area contributed by atoms with Crippen LogP contribution in [0.25, 0.3) is 0 Å². The SMILES string of the molecule is CSCCC(NC(=O)c1ccccc1)C(=O)N/N=C/c1ccc(Br)cc1. The zero-order valence-corrected chi connectivity index (χ0v) is 16.7. The number of nitrogens with zero attached hydrogens (tertiary/aromatic N) is 1. The van der Waals surface area contributed by atoms with Crippen LogP contribution < -0.4 is 10.7 Å². The Morgan fingerprint density at radius 1 is 1.15 bits per heavy atom. The number of rotatable bonds is 8. The standard InChI is InChI=1S/C19H20BrN3O2S/c1-26-12-11-17(22-18(24)15-5-3-2-4-6-15)19(25)23-21-13-14-7-9-16(20)10-8-14/h2-10,13,17H,11-12H2,1H3,(H,22,24)(H,23,25)/b21-13+. The average molecular weight is 434 g/mol. The number of carbonyl (C=O) groups excluding carboxylic acids is 2. The molecule has 0 spiro atoms. The number of benzene rings is 2. The summed E-state index contributed by atoms with van der Waals surface area (Å²) in [6.45, 7) is 0. The number of nitrogens with one attached hydrogen (secondary N) is 2. The van der Waals surface area contributed by atoms with Crippen molar-refractivity contribution in [3.05, 3.63) is 70.2 Å². The highest BCUT2D eigenvalue weighted by molar-refractivity contribution is 9.10. The van der Waals surface area contributed by atoms with Gasteiger partial charge in [0.1, 0.15) is 6.04 Å². The molecule has 0 aliphatic rings. The molecule has 2 aromatic rings. The number of halogens is 1. The van der Waals surface area contributed by atoms with Gasteiger partial charge in [-0.2, -0.15) is 16.9 Å². The molecule has 7 heteroatoms. The number of thioether (sulfide) groups is 1. The van der Waals surface area contributed by atoms with E-state index < -0.39 is 6.04 Å². The molecule has 0 heterocycles. The van der Waals surface area contributed by atoms with Crippen molar-refractivity contribution in [1.29, 1.82) is 0 Å². The summed E-state index contributed by atoms with van der Waals surface area (Å²) in [5, 5.41) is 6.76. The fraction of sp³-hybridized carbons (Fsp3) is 0.211. The van der Waals surface area contributed by atoms with E-state index in [-0.39, 0.29) is 11.8 Å². The summed E-state index contributed by atoms with van der Waals surface area (Å²) in [7, 11) is 0. The van der Waals surface area contributed by atoms with Crippen LogP contribution in [-0.2, 0) is 4.79 Å². The zero-order valence-electron chi connectivity index (χ0n) is 14.3. The molecule has 0 fully saturated rings. The van der Waals surface area contributed by atoms with Gasteiger partial charge in [-0.3, -0.25) is 9.59 Å². The quantitative estimate of drug-likeness (QED) is 0.494. The summed E-state index contributed by atoms with van der Waals surface area (Å²) < 4.78 is 0.972. The second-order valence-corrected chi connectivity index (χ2v) is 7.36. The number of hydrogen-bond acceptors (Lipinski definition) is 4. The first-order valence-corrected chi connectivity index (χ1v) is 10.2. The highest BCUT2D eigenvalue weighted by Gasteiger charge is 2.20. The van der Waals surface area contributed by atoms with Gasteiger partial charge in [0.2, 0.25) is 0 Å². The molecule has 26 heavy (non-hydrogen) atoms. The lowest BCUT2D eigenvalue weighted by Crippen LogP contribution is -2.45. The molecule has 0 saturated heterocycles. The van der Waals surface area contributed by atoms with Crippen molar-refractivity contribution in [2.75, 3.05) is 12.0 Å². The minimum absolute atomic E-state index is 0.274. The summed E-state index contributed by atoms with van der Waals surface area (Å²) in [6, 6.07) is 15.7. The lowest BCUT2D eigenvalue weighted by molar-refractivity contribution is -0.123. The Morgan fingerprint density at radius 3 is 2.50 bits per heavy atom. The normalized spacial score (nSPS) is 11.9. The molecular formula is C19H20BrN3O2S. The van der Waals surface area contributed by atoms with Gasteiger partial charge in [0.15, 0.2) is 0 Å². The van der Waals surface area contributed by atoms with E-state index in [1.807, 2.05) is 36.6 Å². The highest BCUT2D eigenvalue weighted by atomic mass is 79.9. The second-order valence-electron chi connectivity index (χ2n) is 5.46. The Labute approximate surface area is 165 Å². The summed E-state index contributed by atoms with van der Waals surface area (Å²) in [6.07, 6.45) is 4.05. The van der Waals surface area contributed by atoms with Crippen molar-refractivity contribution >= 4 is 45.7 Å². The zero-order chi connectivity index (χ0) is 18.8. The van der Waals surface area contributed by atoms with Crippen LogP contribution in [0.15, 0.2) is 64.2 Å². The predicted molar refractivity (Wildman–Crippen MR) is 111 cm³/mol. The Bertz CT molecular complexity index is 751. The van der Waals surface area contributed by atoms with Crippen molar-refractivity contribution in [1.82, 2.24) is 10.7 Å². The largest absolute Gasteiger partial charge is 0.340 e. The lowest BCUT2D eigenvalue weighted by Gasteiger charge is -2.16. The minimum atomic E-state index is -0.641. The molecule has 0 aliphatic carbocycles. The second kappa shape index (κ2) is 10.8. The first-order valence-electron chi connectivity index (χ1n) is 8.03. The molecule has 2 aromatic carbocycles. The van der Waals surface area contributed by atoms with Crippen molar-refractivity contribution in [3.8, 4) is 0 Å². The van der Waals surface area contributed by atoms with Crippen LogP contribution in [0, 0.1) is 0 Å². The van der Waals surface area contributed by atoms with Crippen molar-refractivity contribution in [2.45, 2.75) is 12.5 Å². The Balaban J connectivity index is 1.97. The number of hydrogen-bond donors (Lipinski definition) is 2. The molecule has 136 valence electrons. The molecule has 0 radical (unpaired) electrons. The van der Waals surface area contributed by atoms with Crippen molar-refractivity contribution < 1.29 is 9.59 Å². The van der Waals surface area contributed by atoms with Crippen LogP contribution >= 0.6 is 27.7 Å². The third-order valence-corrected chi connectivity index (χ3v) is 4.70. The smallest absolute Gasteiger partial charge is 0.262 e. The fourth-order valence-electron chi connectivity index (χ4n) is 2.13. The summed E-state index contributed by atoms with van der Waals surface area (Å²) >= 11 is 4.98. The molecule has 2 rings (SSSR count). The van der Waals surface area contributed by atoms with E-state index in [1.54, 1.807) is 42.2 Å². The maximum absolute atomic E-state index is 12.4. The van der Waals surface area contributed by atoms with Crippen LogP contribution in [-0.4, -0.2) is 36.1 Å². The highest BCUT2D eigenvalue weighted by Crippen LogP contribution is 2.09. The van der Waals surface area contributed by atoms with Crippen LogP contribution in [0.2, 0.25) is 0 Å². The summed E-state index contributed by atoms with van der Waals surface area (Å²) in [4.78, 5) is 24.7. The molecule has 1 atom stereocenters. The van der Waals surface area contributed by atoms with E-state index in [0.29, 0.717) is 12.0 Å². The van der Waals surface area contributed by atoms with E-state index in [0.717, 1.165) is 15.8 Å². The molecule has 1 unspecified atom stereocenters. The van der Waals surface area contributed by atoms with Gasteiger partial charge in [-0.25, -0.2) is 5.43 Å². The number of hydrazone groups is 1. The van der Waals surface area contributed by atoms with E-state index in [4.69, 9.17) is 0 Å². The maximum Gasteiger partial charge on any atom is 0.262 e. The maximum atomic E-state index is 12.4. The average Bonchev–Trinajstić information content (AvgIpc) is 2.67. The van der Waals surface area contributed by atoms with Crippen LogP contribution in [0.3, 0.4) is 0 Å². The number of amides is 2. The minimum Gasteiger partial charge on any atom is -0.340 e. The van der Waals surface area contributed by atoms with Gasteiger partial charge in [0, 0.05) is 10.0 Å². The third-order valence-electron chi connectivity index (χ3n) is 3.53. The summed E-state index contributed by atoms with van der Waals surface area (Å²) in [5.41, 5.74) is 3.89. The van der Waals surface area contributed by atoms with Crippen LogP contribution in [0.4, 0.5) is 0 Å². The van der Waals surface area contributed by atoms with Crippen LogP contribution in [0.1, 0.15) is 22.3 Å². The Kier molecular flexibility index (Phi) is 8.37. The monoisotopic (exact) mass is 433 g/mol. The topological polar surface area (TPSA) is 70.6 Å². The molecule has 0 bridgehead atoms. The van der Waals surface area contributed by atoms with Gasteiger partial charge < -0.3 is 5.32 Å². The molecule has 5 nitrogen and oxygen atoms in total. The first-order chi connectivity index (χ1) is 12.6. The Hall–Kier alpha value is -2.12. The molecule has 0 aromatic heterocycles. The van der Waals surface area contributed by atoms with Gasteiger partial charge in [0.25, 0.3) is 11.8 Å². The van der Waals surface area contributed by atoms with E-state index in [2.05, 4.69) is 31.8 Å². The fourth-order valence-corrected chi connectivity index (χ4v) is 2.87. The van der Waals surface area contributed by atoms with E-state index in [1.165, 1.54) is 0 Å². The van der Waals surface area contributed by atoms with Crippen LogP contribution in [0.5, 0.6) is 0 Å². The van der Waals surface area contributed by atoms with E-state index in [9.17, 15) is 9.59 Å². The van der Waals surface area contributed by atoms with Gasteiger partial charge in [-0.1, -0.05) is 46.3 Å². The van der Waals surface area contributed by atoms with Crippen molar-refractivity contribution in [2.24, 2.45) is 5.10 Å². The summed E-state index contributed by atoms with van der Waals surface area (Å²) in [5.74, 6) is 0.143. The third kappa shape index (κ3) is 6.65. The molecule has 0 aliphatic heterocycles. The van der Waals surface area contributed by atoms with Gasteiger partial charge in [-0.05, 0) is 48.3 Å². The molecule has 2 amide bonds. The molecular weight excluding hydrogens is 414 g/mol. The Morgan fingerprint density at radius 2 is 1.85 bits per heavy atom. The molecule has 0 saturated carbocycles. The predicted octanol–water partition coefficient (Wildman–Crippen LogP) is 3.45. The van der Waals surface area contributed by atoms with Crippen molar-refractivity contribution in [3.63, 3.8) is 0 Å². The van der Waals surface area contributed by atoms with Gasteiger partial charge in [-0.15, -0.1) is 0 Å². The lowest BCUT2D eigenvalue weighted by atomic mass is 10.1. The first kappa shape index (κ1) is 20.2. The van der Waals surface area contributed by atoms with Gasteiger partial charge >= 0.3 is 0 Å². The molecule has 2 N–H and O–H groups in total. The van der Waals surface area contributed by atoms with Gasteiger partial charge in [0.05, 0.1) is 6.21 Å². The van der Waals surface area contributed by atoms with E-state index >= 15 is 0 Å². The number of carbonyl (C=O) groups is 2.